The number of hydrogen-bond acceptors (Lipinski definition) is 3. The van der Waals surface area contributed by atoms with Crippen LogP contribution in [-0.2, 0) is 6.54 Å². The Morgan fingerprint density at radius 2 is 1.96 bits per heavy atom. The Bertz CT molecular complexity index is 738. The van der Waals surface area contributed by atoms with Crippen molar-refractivity contribution in [2.45, 2.75) is 25.4 Å². The number of benzene rings is 2. The molecular weight excluding hydrogens is 308 g/mol. The first-order valence-corrected chi connectivity index (χ1v) is 8.35. The predicted molar refractivity (Wildman–Crippen MR) is 94.6 cm³/mol. The van der Waals surface area contributed by atoms with Crippen molar-refractivity contribution >= 4 is 23.6 Å². The first kappa shape index (κ1) is 14.6. The number of nitrogens with zero attached hydrogens (tertiary/aromatic N) is 2. The predicted octanol–water partition coefficient (Wildman–Crippen LogP) is 4.85. The summed E-state index contributed by atoms with van der Waals surface area (Å²) in [5.74, 6) is 1.56. The van der Waals surface area contributed by atoms with Crippen molar-refractivity contribution in [3.05, 3.63) is 58.6 Å². The first-order valence-electron chi connectivity index (χ1n) is 7.97. The van der Waals surface area contributed by atoms with E-state index in [9.17, 15) is 0 Å². The van der Waals surface area contributed by atoms with E-state index in [2.05, 4.69) is 29.2 Å². The Hall–Kier alpha value is -2.00. The normalized spacial score (nSPS) is 19.6. The molecule has 0 saturated heterocycles. The van der Waals surface area contributed by atoms with Crippen LogP contribution in [0.3, 0.4) is 0 Å². The number of fused-ring (bicyclic) bond motifs is 1. The molecule has 1 heterocycles. The van der Waals surface area contributed by atoms with Crippen LogP contribution in [0.4, 0.5) is 5.69 Å². The Labute approximate surface area is 141 Å². The van der Waals surface area contributed by atoms with Gasteiger partial charge in [-0.1, -0.05) is 23.7 Å². The molecule has 1 atom stereocenters. The molecule has 1 saturated carbocycles. The van der Waals surface area contributed by atoms with Gasteiger partial charge in [0.15, 0.2) is 0 Å². The lowest BCUT2D eigenvalue weighted by molar-refractivity contribution is 0.414. The summed E-state index contributed by atoms with van der Waals surface area (Å²) in [6.07, 6.45) is 4.53. The fourth-order valence-corrected chi connectivity index (χ4v) is 3.34. The molecule has 2 aromatic rings. The maximum absolute atomic E-state index is 6.22. The molecule has 0 amide bonds. The van der Waals surface area contributed by atoms with Gasteiger partial charge in [0, 0.05) is 22.8 Å². The van der Waals surface area contributed by atoms with E-state index < -0.39 is 0 Å². The van der Waals surface area contributed by atoms with Crippen LogP contribution in [0.25, 0.3) is 0 Å². The summed E-state index contributed by atoms with van der Waals surface area (Å²) in [6.45, 7) is 0.791. The van der Waals surface area contributed by atoms with Gasteiger partial charge in [0.2, 0.25) is 0 Å². The Morgan fingerprint density at radius 3 is 2.65 bits per heavy atom. The highest BCUT2D eigenvalue weighted by Gasteiger charge is 2.35. The van der Waals surface area contributed by atoms with E-state index in [0.29, 0.717) is 5.92 Å². The van der Waals surface area contributed by atoms with Crippen molar-refractivity contribution < 1.29 is 4.74 Å². The molecule has 0 bridgehead atoms. The minimum absolute atomic E-state index is 0.274. The molecule has 0 aromatic heterocycles. The number of ether oxygens (including phenoxy) is 1. The Balaban J connectivity index is 1.63. The number of hydrogen-bond donors (Lipinski definition) is 0. The lowest BCUT2D eigenvalue weighted by Gasteiger charge is -2.30. The number of methoxy groups -OCH3 is 1. The highest BCUT2D eigenvalue weighted by Crippen LogP contribution is 2.48. The molecule has 1 aliphatic carbocycles. The van der Waals surface area contributed by atoms with Crippen LogP contribution in [0.5, 0.6) is 5.75 Å². The van der Waals surface area contributed by atoms with Gasteiger partial charge in [-0.05, 0) is 54.7 Å². The van der Waals surface area contributed by atoms with Crippen LogP contribution in [0.1, 0.15) is 30.0 Å². The molecule has 0 N–H and O–H groups in total. The van der Waals surface area contributed by atoms with Crippen molar-refractivity contribution in [1.29, 1.82) is 0 Å². The summed E-state index contributed by atoms with van der Waals surface area (Å²) in [4.78, 5) is 7.00. The average molecular weight is 327 g/mol. The van der Waals surface area contributed by atoms with Gasteiger partial charge < -0.3 is 9.64 Å². The molecule has 1 fully saturated rings. The zero-order valence-corrected chi connectivity index (χ0v) is 13.8. The third-order valence-electron chi connectivity index (χ3n) is 4.56. The van der Waals surface area contributed by atoms with Crippen LogP contribution in [0, 0.1) is 5.92 Å². The molecule has 1 aliphatic heterocycles. The molecule has 4 heteroatoms. The quantitative estimate of drug-likeness (QED) is 0.802. The summed E-state index contributed by atoms with van der Waals surface area (Å²) in [6, 6.07) is 14.6. The monoisotopic (exact) mass is 326 g/mol. The second-order valence-corrected chi connectivity index (χ2v) is 6.66. The van der Waals surface area contributed by atoms with E-state index in [1.54, 1.807) is 7.11 Å². The fraction of sp³-hybridized carbons (Fsp3) is 0.316. The van der Waals surface area contributed by atoms with E-state index in [1.165, 1.54) is 29.7 Å². The average Bonchev–Trinajstić information content (AvgIpc) is 3.40. The first-order chi connectivity index (χ1) is 11.2. The minimum atomic E-state index is 0.274. The summed E-state index contributed by atoms with van der Waals surface area (Å²) in [5.41, 5.74) is 3.70. The highest BCUT2D eigenvalue weighted by atomic mass is 35.5. The number of rotatable bonds is 4. The molecule has 0 spiro atoms. The van der Waals surface area contributed by atoms with Gasteiger partial charge in [0.1, 0.15) is 5.75 Å². The van der Waals surface area contributed by atoms with Gasteiger partial charge in [0.05, 0.1) is 19.5 Å². The Kier molecular flexibility index (Phi) is 3.74. The molecule has 23 heavy (non-hydrogen) atoms. The summed E-state index contributed by atoms with van der Waals surface area (Å²) < 4.78 is 5.22. The highest BCUT2D eigenvalue weighted by molar-refractivity contribution is 6.30. The maximum Gasteiger partial charge on any atom is 0.118 e. The summed E-state index contributed by atoms with van der Waals surface area (Å²) >= 11 is 6.22. The van der Waals surface area contributed by atoms with Crippen LogP contribution >= 0.6 is 11.6 Å². The fourth-order valence-electron chi connectivity index (χ4n) is 3.16. The van der Waals surface area contributed by atoms with Gasteiger partial charge in [-0.3, -0.25) is 4.99 Å². The standard InChI is InChI=1S/C19H19ClN2O/c1-23-16-7-2-13(3-8-16)11-22-12-21-19(14-4-5-14)17-10-15(20)6-9-18(17)22/h2-3,6-10,12,14,19H,4-5,11H2,1H3. The van der Waals surface area contributed by atoms with Crippen molar-refractivity contribution in [2.24, 2.45) is 10.9 Å². The van der Waals surface area contributed by atoms with E-state index in [1.807, 2.05) is 24.5 Å². The zero-order valence-electron chi connectivity index (χ0n) is 13.1. The summed E-state index contributed by atoms with van der Waals surface area (Å²) in [7, 11) is 1.68. The second-order valence-electron chi connectivity index (χ2n) is 6.23. The molecule has 2 aromatic carbocycles. The molecule has 0 radical (unpaired) electrons. The van der Waals surface area contributed by atoms with Gasteiger partial charge in [-0.15, -0.1) is 0 Å². The van der Waals surface area contributed by atoms with Crippen molar-refractivity contribution in [2.75, 3.05) is 12.0 Å². The summed E-state index contributed by atoms with van der Waals surface area (Å²) in [5, 5.41) is 0.788. The second kappa shape index (κ2) is 5.89. The van der Waals surface area contributed by atoms with Crippen molar-refractivity contribution in [3.8, 4) is 5.75 Å². The van der Waals surface area contributed by atoms with E-state index in [0.717, 1.165) is 17.3 Å². The SMILES string of the molecule is COc1ccc(CN2C=NC(C3CC3)c3cc(Cl)ccc32)cc1. The van der Waals surface area contributed by atoms with Crippen LogP contribution < -0.4 is 9.64 Å². The van der Waals surface area contributed by atoms with Crippen LogP contribution in [-0.4, -0.2) is 13.4 Å². The lowest BCUT2D eigenvalue weighted by atomic mass is 9.98. The molecule has 118 valence electrons. The van der Waals surface area contributed by atoms with Crippen molar-refractivity contribution in [1.82, 2.24) is 0 Å². The zero-order chi connectivity index (χ0) is 15.8. The number of halogens is 1. The van der Waals surface area contributed by atoms with Crippen LogP contribution in [0.2, 0.25) is 5.02 Å². The maximum atomic E-state index is 6.22. The molecule has 2 aliphatic rings. The smallest absolute Gasteiger partial charge is 0.118 e. The molecule has 1 unspecified atom stereocenters. The molecular formula is C19H19ClN2O. The number of aliphatic imine (C=N–C) groups is 1. The number of anilines is 1. The van der Waals surface area contributed by atoms with Gasteiger partial charge in [0.25, 0.3) is 0 Å². The van der Waals surface area contributed by atoms with Crippen LogP contribution in [0.15, 0.2) is 47.5 Å². The largest absolute Gasteiger partial charge is 0.497 e. The lowest BCUT2D eigenvalue weighted by Crippen LogP contribution is -2.26. The van der Waals surface area contributed by atoms with Gasteiger partial charge in [-0.25, -0.2) is 0 Å². The Morgan fingerprint density at radius 1 is 1.17 bits per heavy atom. The van der Waals surface area contributed by atoms with E-state index in [4.69, 9.17) is 21.3 Å². The van der Waals surface area contributed by atoms with Gasteiger partial charge >= 0.3 is 0 Å². The topological polar surface area (TPSA) is 24.8 Å². The minimum Gasteiger partial charge on any atom is -0.497 e. The third-order valence-corrected chi connectivity index (χ3v) is 4.80. The molecule has 4 rings (SSSR count). The van der Waals surface area contributed by atoms with E-state index >= 15 is 0 Å². The van der Waals surface area contributed by atoms with Crippen molar-refractivity contribution in [3.63, 3.8) is 0 Å². The van der Waals surface area contributed by atoms with E-state index in [-0.39, 0.29) is 6.04 Å². The molecule has 3 nitrogen and oxygen atoms in total. The van der Waals surface area contributed by atoms with Gasteiger partial charge in [-0.2, -0.15) is 0 Å². The third kappa shape index (κ3) is 2.93.